The number of likely N-dealkylation sites (tertiary alicyclic amines) is 1. The number of carbonyl (C=O) groups excluding carboxylic acids is 1. The minimum absolute atomic E-state index is 0.187. The molecule has 24 heavy (non-hydrogen) atoms. The van der Waals surface area contributed by atoms with Crippen LogP contribution in [0.3, 0.4) is 0 Å². The Labute approximate surface area is 145 Å². The van der Waals surface area contributed by atoms with Crippen LogP contribution >= 0.6 is 0 Å². The van der Waals surface area contributed by atoms with Gasteiger partial charge in [0.05, 0.1) is 11.8 Å². The highest BCUT2D eigenvalue weighted by Crippen LogP contribution is 2.46. The van der Waals surface area contributed by atoms with E-state index in [1.54, 1.807) is 0 Å². The van der Waals surface area contributed by atoms with Crippen LogP contribution in [0.1, 0.15) is 56.0 Å². The van der Waals surface area contributed by atoms with Crippen molar-refractivity contribution in [2.45, 2.75) is 71.9 Å². The second-order valence-corrected chi connectivity index (χ2v) is 7.56. The smallest absolute Gasteiger partial charge is 0.244 e. The van der Waals surface area contributed by atoms with Gasteiger partial charge in [-0.1, -0.05) is 13.3 Å². The summed E-state index contributed by atoms with van der Waals surface area (Å²) < 4.78 is 7.64. The molecule has 1 amide bonds. The van der Waals surface area contributed by atoms with E-state index >= 15 is 0 Å². The molecule has 2 fully saturated rings. The Bertz CT molecular complexity index is 610. The van der Waals surface area contributed by atoms with Gasteiger partial charge in [-0.05, 0) is 51.5 Å². The van der Waals surface area contributed by atoms with Crippen molar-refractivity contribution in [2.24, 2.45) is 5.41 Å². The van der Waals surface area contributed by atoms with Crippen molar-refractivity contribution in [1.29, 1.82) is 0 Å². The number of piperidine rings is 1. The van der Waals surface area contributed by atoms with Gasteiger partial charge in [-0.15, -0.1) is 0 Å². The van der Waals surface area contributed by atoms with E-state index in [1.807, 2.05) is 18.7 Å². The van der Waals surface area contributed by atoms with Crippen molar-refractivity contribution in [1.82, 2.24) is 14.7 Å². The fourth-order valence-electron chi connectivity index (χ4n) is 4.94. The molecular formula is C19H31N3O2. The van der Waals surface area contributed by atoms with E-state index in [0.29, 0.717) is 12.6 Å². The topological polar surface area (TPSA) is 47.4 Å². The summed E-state index contributed by atoms with van der Waals surface area (Å²) in [7, 11) is 1.82. The number of nitrogens with zero attached hydrogens (tertiary/aromatic N) is 3. The molecule has 2 aliphatic rings. The van der Waals surface area contributed by atoms with Gasteiger partial charge in [-0.3, -0.25) is 9.48 Å². The molecule has 0 unspecified atom stereocenters. The summed E-state index contributed by atoms with van der Waals surface area (Å²) in [6.45, 7) is 8.33. The van der Waals surface area contributed by atoms with Crippen LogP contribution in [-0.4, -0.2) is 46.9 Å². The zero-order chi connectivity index (χ0) is 17.3. The molecule has 2 atom stereocenters. The number of rotatable bonds is 4. The standard InChI is InChI=1S/C19H31N3O2/c1-5-16-14(2)20-22(15(16)3)12-18(23)21-11-7-10-19(13-21)9-6-8-17(19)24-4/h17H,5-13H2,1-4H3/t17-,19+/m1/s1. The third-order valence-electron chi connectivity index (χ3n) is 6.24. The zero-order valence-corrected chi connectivity index (χ0v) is 15.6. The fourth-order valence-corrected chi connectivity index (χ4v) is 4.94. The maximum absolute atomic E-state index is 12.9. The maximum atomic E-state index is 12.9. The lowest BCUT2D eigenvalue weighted by Gasteiger charge is -2.43. The first-order valence-corrected chi connectivity index (χ1v) is 9.34. The number of aryl methyl sites for hydroxylation is 1. The van der Waals surface area contributed by atoms with E-state index in [-0.39, 0.29) is 11.3 Å². The van der Waals surface area contributed by atoms with Crippen molar-refractivity contribution in [2.75, 3.05) is 20.2 Å². The summed E-state index contributed by atoms with van der Waals surface area (Å²) >= 11 is 0. The SMILES string of the molecule is CCc1c(C)nn(CC(=O)N2CCC[C@@]3(CCC[C@H]3OC)C2)c1C. The van der Waals surface area contributed by atoms with Crippen LogP contribution < -0.4 is 0 Å². The lowest BCUT2D eigenvalue weighted by molar-refractivity contribution is -0.138. The van der Waals surface area contributed by atoms with Crippen molar-refractivity contribution < 1.29 is 9.53 Å². The number of ether oxygens (including phenoxy) is 1. The van der Waals surface area contributed by atoms with Gasteiger partial charge >= 0.3 is 0 Å². The van der Waals surface area contributed by atoms with E-state index < -0.39 is 0 Å². The highest BCUT2D eigenvalue weighted by atomic mass is 16.5. The van der Waals surface area contributed by atoms with Crippen LogP contribution in [0, 0.1) is 19.3 Å². The molecule has 1 aliphatic heterocycles. The summed E-state index contributed by atoms with van der Waals surface area (Å²) in [6.07, 6.45) is 7.10. The molecule has 0 aromatic carbocycles. The molecule has 0 N–H and O–H groups in total. The summed E-state index contributed by atoms with van der Waals surface area (Å²) in [5.74, 6) is 0.198. The van der Waals surface area contributed by atoms with Gasteiger partial charge < -0.3 is 9.64 Å². The van der Waals surface area contributed by atoms with Crippen molar-refractivity contribution >= 4 is 5.91 Å². The molecule has 1 aromatic heterocycles. The normalized spacial score (nSPS) is 27.2. The van der Waals surface area contributed by atoms with Crippen LogP contribution in [0.15, 0.2) is 0 Å². The van der Waals surface area contributed by atoms with E-state index in [0.717, 1.165) is 43.7 Å². The number of methoxy groups -OCH3 is 1. The molecule has 2 heterocycles. The third kappa shape index (κ3) is 2.99. The molecule has 0 bridgehead atoms. The molecule has 1 aliphatic carbocycles. The Kier molecular flexibility index (Phi) is 5.00. The molecule has 3 rings (SSSR count). The predicted molar refractivity (Wildman–Crippen MR) is 94.0 cm³/mol. The average Bonchev–Trinajstić information content (AvgIpc) is 3.08. The zero-order valence-electron chi connectivity index (χ0n) is 15.6. The minimum atomic E-state index is 0.187. The second kappa shape index (κ2) is 6.87. The summed E-state index contributed by atoms with van der Waals surface area (Å²) in [4.78, 5) is 14.9. The second-order valence-electron chi connectivity index (χ2n) is 7.56. The molecular weight excluding hydrogens is 302 g/mol. The minimum Gasteiger partial charge on any atom is -0.381 e. The number of amides is 1. The van der Waals surface area contributed by atoms with Crippen LogP contribution in [0.25, 0.3) is 0 Å². The largest absolute Gasteiger partial charge is 0.381 e. The third-order valence-corrected chi connectivity index (χ3v) is 6.24. The molecule has 1 aromatic rings. The van der Waals surface area contributed by atoms with E-state index in [4.69, 9.17) is 4.74 Å². The Morgan fingerprint density at radius 1 is 1.33 bits per heavy atom. The van der Waals surface area contributed by atoms with E-state index in [2.05, 4.69) is 23.8 Å². The Morgan fingerprint density at radius 2 is 2.08 bits per heavy atom. The predicted octanol–water partition coefficient (Wildman–Crippen LogP) is 2.87. The highest BCUT2D eigenvalue weighted by Gasteiger charge is 2.46. The molecule has 1 spiro atoms. The van der Waals surface area contributed by atoms with Gasteiger partial charge in [0.15, 0.2) is 0 Å². The molecule has 1 saturated heterocycles. The fraction of sp³-hybridized carbons (Fsp3) is 0.789. The van der Waals surface area contributed by atoms with E-state index in [1.165, 1.54) is 24.8 Å². The maximum Gasteiger partial charge on any atom is 0.244 e. The van der Waals surface area contributed by atoms with Gasteiger partial charge in [0.25, 0.3) is 0 Å². The van der Waals surface area contributed by atoms with Crippen LogP contribution in [0.2, 0.25) is 0 Å². The number of hydrogen-bond donors (Lipinski definition) is 0. The quantitative estimate of drug-likeness (QED) is 0.851. The molecule has 5 heteroatoms. The van der Waals surface area contributed by atoms with Gasteiger partial charge in [0.1, 0.15) is 6.54 Å². The van der Waals surface area contributed by atoms with Crippen LogP contribution in [0.4, 0.5) is 0 Å². The van der Waals surface area contributed by atoms with Crippen molar-refractivity contribution in [3.05, 3.63) is 17.0 Å². The molecule has 0 radical (unpaired) electrons. The van der Waals surface area contributed by atoms with Gasteiger partial charge in [0, 0.05) is 31.3 Å². The first-order valence-electron chi connectivity index (χ1n) is 9.34. The van der Waals surface area contributed by atoms with Crippen molar-refractivity contribution in [3.63, 3.8) is 0 Å². The van der Waals surface area contributed by atoms with Crippen molar-refractivity contribution in [3.8, 4) is 0 Å². The first kappa shape index (κ1) is 17.5. The van der Waals surface area contributed by atoms with Crippen LogP contribution in [-0.2, 0) is 22.5 Å². The number of carbonyl (C=O) groups is 1. The molecule has 1 saturated carbocycles. The van der Waals surface area contributed by atoms with Gasteiger partial charge in [-0.25, -0.2) is 0 Å². The van der Waals surface area contributed by atoms with Gasteiger partial charge in [0.2, 0.25) is 5.91 Å². The number of hydrogen-bond acceptors (Lipinski definition) is 3. The van der Waals surface area contributed by atoms with E-state index in [9.17, 15) is 4.79 Å². The monoisotopic (exact) mass is 333 g/mol. The Morgan fingerprint density at radius 3 is 2.75 bits per heavy atom. The average molecular weight is 333 g/mol. The lowest BCUT2D eigenvalue weighted by atomic mass is 9.76. The van der Waals surface area contributed by atoms with Crippen LogP contribution in [0.5, 0.6) is 0 Å². The summed E-state index contributed by atoms with van der Waals surface area (Å²) in [5, 5.41) is 4.58. The van der Waals surface area contributed by atoms with Gasteiger partial charge in [-0.2, -0.15) is 5.10 Å². The number of aromatic nitrogens is 2. The Hall–Kier alpha value is -1.36. The Balaban J connectivity index is 1.71. The molecule has 134 valence electrons. The summed E-state index contributed by atoms with van der Waals surface area (Å²) in [5.41, 5.74) is 3.64. The highest BCUT2D eigenvalue weighted by molar-refractivity contribution is 5.76. The summed E-state index contributed by atoms with van der Waals surface area (Å²) in [6, 6.07) is 0. The lowest BCUT2D eigenvalue weighted by Crippen LogP contribution is -2.50. The molecule has 5 nitrogen and oxygen atoms in total. The first-order chi connectivity index (χ1) is 11.5.